The monoisotopic (exact) mass is 339 g/mol. The molecule has 4 heteroatoms. The maximum absolute atomic E-state index is 11.9. The fourth-order valence-electron chi connectivity index (χ4n) is 3.66. The Bertz CT molecular complexity index is 356. The van der Waals surface area contributed by atoms with Gasteiger partial charge in [-0.1, -0.05) is 33.1 Å². The molecule has 0 spiro atoms. The summed E-state index contributed by atoms with van der Waals surface area (Å²) in [5.41, 5.74) is 0. The van der Waals surface area contributed by atoms with Gasteiger partial charge in [0, 0.05) is 25.0 Å². The van der Waals surface area contributed by atoms with Crippen LogP contribution >= 0.6 is 0 Å². The minimum Gasteiger partial charge on any atom is -0.378 e. The van der Waals surface area contributed by atoms with Gasteiger partial charge in [0.2, 0.25) is 5.91 Å². The van der Waals surface area contributed by atoms with E-state index in [1.165, 1.54) is 32.1 Å². The number of carbonyl (C=O) groups is 2. The van der Waals surface area contributed by atoms with Crippen molar-refractivity contribution in [1.29, 1.82) is 0 Å². The molecule has 0 saturated heterocycles. The van der Waals surface area contributed by atoms with E-state index >= 15 is 0 Å². The molecule has 140 valence electrons. The van der Waals surface area contributed by atoms with E-state index in [4.69, 9.17) is 4.74 Å². The fraction of sp³-hybridized carbons (Fsp3) is 0.900. The van der Waals surface area contributed by atoms with Crippen LogP contribution in [0.2, 0.25) is 0 Å². The summed E-state index contributed by atoms with van der Waals surface area (Å²) in [4.78, 5) is 23.3. The van der Waals surface area contributed by atoms with Crippen LogP contribution < -0.4 is 5.32 Å². The van der Waals surface area contributed by atoms with E-state index in [1.807, 2.05) is 13.8 Å². The number of ketones is 1. The molecule has 0 bridgehead atoms. The fourth-order valence-corrected chi connectivity index (χ4v) is 3.66. The van der Waals surface area contributed by atoms with Crippen LogP contribution in [0.3, 0.4) is 0 Å². The molecule has 1 N–H and O–H groups in total. The number of hydrogen-bond donors (Lipinski definition) is 1. The lowest BCUT2D eigenvalue weighted by Gasteiger charge is -2.27. The molecule has 0 unspecified atom stereocenters. The van der Waals surface area contributed by atoms with E-state index in [9.17, 15) is 9.59 Å². The van der Waals surface area contributed by atoms with Gasteiger partial charge in [0.15, 0.2) is 0 Å². The van der Waals surface area contributed by atoms with E-state index in [0.29, 0.717) is 24.9 Å². The Morgan fingerprint density at radius 3 is 2.17 bits per heavy atom. The Balaban J connectivity index is 0.00000139. The Morgan fingerprint density at radius 1 is 0.958 bits per heavy atom. The molecule has 2 aliphatic carbocycles. The van der Waals surface area contributed by atoms with Crippen LogP contribution in [-0.4, -0.2) is 30.4 Å². The number of amides is 1. The molecule has 0 heterocycles. The van der Waals surface area contributed by atoms with E-state index in [0.717, 1.165) is 32.1 Å². The van der Waals surface area contributed by atoms with Crippen LogP contribution in [-0.2, 0) is 14.3 Å². The molecule has 2 rings (SSSR count). The molecular weight excluding hydrogens is 302 g/mol. The summed E-state index contributed by atoms with van der Waals surface area (Å²) in [6, 6.07) is 0.266. The molecule has 0 aromatic carbocycles. The molecule has 0 radical (unpaired) electrons. The van der Waals surface area contributed by atoms with E-state index in [1.54, 1.807) is 6.92 Å². The van der Waals surface area contributed by atoms with E-state index < -0.39 is 0 Å². The molecule has 1 amide bonds. The van der Waals surface area contributed by atoms with Crippen LogP contribution in [0.4, 0.5) is 0 Å². The number of hydrogen-bond acceptors (Lipinski definition) is 3. The summed E-state index contributed by atoms with van der Waals surface area (Å²) in [5.74, 6) is 0.653. The second-order valence-corrected chi connectivity index (χ2v) is 6.96. The van der Waals surface area contributed by atoms with Crippen molar-refractivity contribution in [3.05, 3.63) is 0 Å². The van der Waals surface area contributed by atoms with Crippen molar-refractivity contribution >= 4 is 11.7 Å². The van der Waals surface area contributed by atoms with Gasteiger partial charge >= 0.3 is 0 Å². The van der Waals surface area contributed by atoms with Crippen molar-refractivity contribution < 1.29 is 14.3 Å². The van der Waals surface area contributed by atoms with Crippen molar-refractivity contribution in [2.45, 2.75) is 104 Å². The highest BCUT2D eigenvalue weighted by atomic mass is 16.5. The molecule has 2 saturated carbocycles. The third-order valence-electron chi connectivity index (χ3n) is 5.12. The Kier molecular flexibility index (Phi) is 11.0. The maximum Gasteiger partial charge on any atom is 0.220 e. The second kappa shape index (κ2) is 12.5. The first kappa shape index (κ1) is 21.1. The van der Waals surface area contributed by atoms with Crippen LogP contribution in [0.5, 0.6) is 0 Å². The minimum absolute atomic E-state index is 0.138. The summed E-state index contributed by atoms with van der Waals surface area (Å²) in [5, 5.41) is 3.11. The molecule has 0 aromatic heterocycles. The number of Topliss-reactive ketones (excluding diaryl/α,β-unsaturated/α-hetero) is 1. The van der Waals surface area contributed by atoms with E-state index in [2.05, 4.69) is 5.32 Å². The van der Waals surface area contributed by atoms with Gasteiger partial charge in [-0.15, -0.1) is 0 Å². The second-order valence-electron chi connectivity index (χ2n) is 6.96. The van der Waals surface area contributed by atoms with Crippen molar-refractivity contribution in [3.8, 4) is 0 Å². The zero-order valence-electron chi connectivity index (χ0n) is 15.9. The van der Waals surface area contributed by atoms with Crippen molar-refractivity contribution in [3.63, 3.8) is 0 Å². The average Bonchev–Trinajstić information content (AvgIpc) is 2.62. The number of rotatable bonds is 7. The summed E-state index contributed by atoms with van der Waals surface area (Å²) in [7, 11) is 0. The van der Waals surface area contributed by atoms with Gasteiger partial charge in [0.25, 0.3) is 0 Å². The van der Waals surface area contributed by atoms with Crippen LogP contribution in [0.15, 0.2) is 0 Å². The standard InChI is InChI=1S/C18H31NO3.C2H6/c1-14(20)15-9-11-16(12-10-15)19-18(21)8-5-13-22-17-6-3-2-4-7-17;1-2/h15-17H,2-13H2,1H3,(H,19,21);1-2H3. The number of nitrogens with one attached hydrogen (secondary N) is 1. The van der Waals surface area contributed by atoms with Gasteiger partial charge in [0.1, 0.15) is 5.78 Å². The smallest absolute Gasteiger partial charge is 0.220 e. The molecule has 0 aromatic rings. The zero-order chi connectivity index (χ0) is 17.8. The number of carbonyl (C=O) groups excluding carboxylic acids is 2. The molecule has 0 aliphatic heterocycles. The highest BCUT2D eigenvalue weighted by Gasteiger charge is 2.24. The summed E-state index contributed by atoms with van der Waals surface area (Å²) < 4.78 is 5.85. The van der Waals surface area contributed by atoms with Crippen molar-refractivity contribution in [2.24, 2.45) is 5.92 Å². The quantitative estimate of drug-likeness (QED) is 0.699. The third-order valence-corrected chi connectivity index (χ3v) is 5.12. The molecule has 2 fully saturated rings. The summed E-state index contributed by atoms with van der Waals surface area (Å²) in [6.07, 6.45) is 11.8. The first-order valence-electron chi connectivity index (χ1n) is 10.1. The van der Waals surface area contributed by atoms with Crippen LogP contribution in [0.1, 0.15) is 91.4 Å². The highest BCUT2D eigenvalue weighted by molar-refractivity contribution is 5.78. The third kappa shape index (κ3) is 8.27. The van der Waals surface area contributed by atoms with Crippen molar-refractivity contribution in [2.75, 3.05) is 6.61 Å². The van der Waals surface area contributed by atoms with Crippen LogP contribution in [0, 0.1) is 5.92 Å². The first-order valence-corrected chi connectivity index (χ1v) is 10.1. The first-order chi connectivity index (χ1) is 11.6. The average molecular weight is 340 g/mol. The Labute approximate surface area is 148 Å². The van der Waals surface area contributed by atoms with Crippen molar-refractivity contribution in [1.82, 2.24) is 5.32 Å². The van der Waals surface area contributed by atoms with Gasteiger partial charge < -0.3 is 10.1 Å². The molecule has 0 atom stereocenters. The predicted molar refractivity (Wildman–Crippen MR) is 98.0 cm³/mol. The Morgan fingerprint density at radius 2 is 1.58 bits per heavy atom. The topological polar surface area (TPSA) is 55.4 Å². The normalized spacial score (nSPS) is 24.6. The largest absolute Gasteiger partial charge is 0.378 e. The summed E-state index contributed by atoms with van der Waals surface area (Å²) in [6.45, 7) is 6.38. The molecular formula is C20H37NO3. The molecule has 24 heavy (non-hydrogen) atoms. The van der Waals surface area contributed by atoms with Gasteiger partial charge in [-0.2, -0.15) is 0 Å². The number of ether oxygens (including phenoxy) is 1. The predicted octanol–water partition coefficient (Wildman–Crippen LogP) is 4.41. The summed E-state index contributed by atoms with van der Waals surface area (Å²) >= 11 is 0. The van der Waals surface area contributed by atoms with Gasteiger partial charge in [-0.25, -0.2) is 0 Å². The highest BCUT2D eigenvalue weighted by Crippen LogP contribution is 2.25. The maximum atomic E-state index is 11.9. The lowest BCUT2D eigenvalue weighted by molar-refractivity contribution is -0.123. The van der Waals surface area contributed by atoms with E-state index in [-0.39, 0.29) is 17.9 Å². The Hall–Kier alpha value is -0.900. The lowest BCUT2D eigenvalue weighted by Crippen LogP contribution is -2.38. The molecule has 4 nitrogen and oxygen atoms in total. The lowest BCUT2D eigenvalue weighted by atomic mass is 9.84. The molecule has 2 aliphatic rings. The van der Waals surface area contributed by atoms with Crippen LogP contribution in [0.25, 0.3) is 0 Å². The van der Waals surface area contributed by atoms with Gasteiger partial charge in [-0.3, -0.25) is 9.59 Å². The van der Waals surface area contributed by atoms with Gasteiger partial charge in [0.05, 0.1) is 6.10 Å². The van der Waals surface area contributed by atoms with Gasteiger partial charge in [-0.05, 0) is 51.9 Å². The SMILES string of the molecule is CC.CC(=O)C1CCC(NC(=O)CCCOC2CCCCC2)CC1. The zero-order valence-corrected chi connectivity index (χ0v) is 15.9. The minimum atomic E-state index is 0.138.